The Hall–Kier alpha value is -2.47. The van der Waals surface area contributed by atoms with Crippen molar-refractivity contribution in [1.29, 1.82) is 0 Å². The van der Waals surface area contributed by atoms with E-state index < -0.39 is 10.0 Å². The number of hydrogen-bond donors (Lipinski definition) is 0. The van der Waals surface area contributed by atoms with Crippen LogP contribution in [0.2, 0.25) is 0 Å². The fourth-order valence-electron chi connectivity index (χ4n) is 2.35. The van der Waals surface area contributed by atoms with Gasteiger partial charge in [-0.05, 0) is 36.8 Å². The number of sulfonamides is 1. The van der Waals surface area contributed by atoms with Crippen molar-refractivity contribution in [2.24, 2.45) is 0 Å². The second-order valence-corrected chi connectivity index (χ2v) is 7.04. The van der Waals surface area contributed by atoms with Gasteiger partial charge >= 0.3 is 0 Å². The molecule has 0 aliphatic carbocycles. The first-order valence-electron chi connectivity index (χ1n) is 7.36. The van der Waals surface area contributed by atoms with Crippen LogP contribution in [0.4, 0.5) is 5.69 Å². The Kier molecular flexibility index (Phi) is 5.51. The predicted molar refractivity (Wildman–Crippen MR) is 95.5 cm³/mol. The van der Waals surface area contributed by atoms with Crippen molar-refractivity contribution in [3.05, 3.63) is 60.7 Å². The molecule has 2 rings (SSSR count). The van der Waals surface area contributed by atoms with Crippen LogP contribution in [0, 0.1) is 6.92 Å². The number of nitrogens with zero attached hydrogens (tertiary/aromatic N) is 1. The van der Waals surface area contributed by atoms with Crippen LogP contribution in [0.1, 0.15) is 5.56 Å². The molecule has 24 heavy (non-hydrogen) atoms. The molecule has 0 unspecified atom stereocenters. The molecule has 2 aromatic rings. The van der Waals surface area contributed by atoms with Crippen LogP contribution < -0.4 is 13.8 Å². The summed E-state index contributed by atoms with van der Waals surface area (Å²) in [5, 5.41) is 0. The summed E-state index contributed by atoms with van der Waals surface area (Å²) in [6, 6.07) is 11.9. The van der Waals surface area contributed by atoms with Crippen molar-refractivity contribution in [2.45, 2.75) is 11.8 Å². The normalized spacial score (nSPS) is 11.0. The molecule has 0 saturated heterocycles. The van der Waals surface area contributed by atoms with Gasteiger partial charge in [-0.25, -0.2) is 8.42 Å². The highest BCUT2D eigenvalue weighted by atomic mass is 32.2. The molecule has 0 atom stereocenters. The van der Waals surface area contributed by atoms with Gasteiger partial charge in [0.05, 0.1) is 31.3 Å². The third-order valence-electron chi connectivity index (χ3n) is 3.53. The Bertz CT molecular complexity index is 831. The lowest BCUT2D eigenvalue weighted by atomic mass is 10.2. The molecule has 0 N–H and O–H groups in total. The Balaban J connectivity index is 2.54. The van der Waals surface area contributed by atoms with E-state index in [1.54, 1.807) is 18.2 Å². The second-order valence-electron chi connectivity index (χ2n) is 5.18. The summed E-state index contributed by atoms with van der Waals surface area (Å²) in [4.78, 5) is 0.128. The number of benzene rings is 2. The van der Waals surface area contributed by atoms with E-state index in [0.717, 1.165) is 5.56 Å². The number of anilines is 1. The fourth-order valence-corrected chi connectivity index (χ4v) is 3.79. The third kappa shape index (κ3) is 3.54. The smallest absolute Gasteiger partial charge is 0.264 e. The Morgan fingerprint density at radius 2 is 1.79 bits per heavy atom. The maximum atomic E-state index is 13.1. The van der Waals surface area contributed by atoms with Gasteiger partial charge in [-0.3, -0.25) is 4.31 Å². The number of rotatable bonds is 7. The first-order chi connectivity index (χ1) is 11.4. The second kappa shape index (κ2) is 7.40. The molecular formula is C18H21NO4S. The number of ether oxygens (including phenoxy) is 2. The SMILES string of the molecule is C=CCN(c1cccc(C)c1)S(=O)(=O)c1ccc(OC)c(OC)c1. The average molecular weight is 347 g/mol. The molecule has 0 spiro atoms. The minimum atomic E-state index is -3.76. The van der Waals surface area contributed by atoms with Gasteiger partial charge in [0, 0.05) is 6.07 Å². The summed E-state index contributed by atoms with van der Waals surface area (Å²) < 4.78 is 37.9. The fraction of sp³-hybridized carbons (Fsp3) is 0.222. The van der Waals surface area contributed by atoms with E-state index in [-0.39, 0.29) is 11.4 Å². The zero-order valence-corrected chi connectivity index (χ0v) is 14.8. The van der Waals surface area contributed by atoms with E-state index in [1.807, 2.05) is 25.1 Å². The molecule has 2 aromatic carbocycles. The monoisotopic (exact) mass is 347 g/mol. The number of methoxy groups -OCH3 is 2. The molecule has 0 heterocycles. The zero-order chi connectivity index (χ0) is 17.7. The van der Waals surface area contributed by atoms with E-state index in [2.05, 4.69) is 6.58 Å². The summed E-state index contributed by atoms with van der Waals surface area (Å²) in [5.41, 5.74) is 1.56. The van der Waals surface area contributed by atoms with Crippen LogP contribution in [-0.4, -0.2) is 29.2 Å². The molecule has 5 nitrogen and oxygen atoms in total. The molecule has 0 fully saturated rings. The molecule has 0 amide bonds. The molecule has 0 aliphatic heterocycles. The van der Waals surface area contributed by atoms with Crippen molar-refractivity contribution in [2.75, 3.05) is 25.1 Å². The molecule has 0 aromatic heterocycles. The van der Waals surface area contributed by atoms with Crippen LogP contribution in [0.25, 0.3) is 0 Å². The van der Waals surface area contributed by atoms with E-state index in [4.69, 9.17) is 9.47 Å². The molecular weight excluding hydrogens is 326 g/mol. The third-order valence-corrected chi connectivity index (χ3v) is 5.32. The zero-order valence-electron chi connectivity index (χ0n) is 14.0. The highest BCUT2D eigenvalue weighted by Crippen LogP contribution is 2.32. The maximum absolute atomic E-state index is 13.1. The lowest BCUT2D eigenvalue weighted by Gasteiger charge is -2.24. The Labute approximate surface area is 143 Å². The minimum absolute atomic E-state index is 0.128. The largest absolute Gasteiger partial charge is 0.493 e. The number of hydrogen-bond acceptors (Lipinski definition) is 4. The van der Waals surface area contributed by atoms with Gasteiger partial charge in [-0.15, -0.1) is 6.58 Å². The van der Waals surface area contributed by atoms with Gasteiger partial charge in [0.1, 0.15) is 0 Å². The first-order valence-corrected chi connectivity index (χ1v) is 8.80. The number of aryl methyl sites for hydroxylation is 1. The summed E-state index contributed by atoms with van der Waals surface area (Å²) in [5.74, 6) is 0.837. The van der Waals surface area contributed by atoms with Crippen LogP contribution >= 0.6 is 0 Å². The molecule has 128 valence electrons. The highest BCUT2D eigenvalue weighted by Gasteiger charge is 2.25. The van der Waals surface area contributed by atoms with Gasteiger partial charge in [-0.1, -0.05) is 18.2 Å². The first kappa shape index (κ1) is 17.9. The lowest BCUT2D eigenvalue weighted by Crippen LogP contribution is -2.31. The van der Waals surface area contributed by atoms with Crippen molar-refractivity contribution in [3.8, 4) is 11.5 Å². The maximum Gasteiger partial charge on any atom is 0.264 e. The van der Waals surface area contributed by atoms with Crippen LogP contribution in [0.5, 0.6) is 11.5 Å². The van der Waals surface area contributed by atoms with E-state index in [0.29, 0.717) is 17.2 Å². The topological polar surface area (TPSA) is 55.8 Å². The van der Waals surface area contributed by atoms with Crippen molar-refractivity contribution in [1.82, 2.24) is 0 Å². The van der Waals surface area contributed by atoms with Gasteiger partial charge in [0.2, 0.25) is 0 Å². The van der Waals surface area contributed by atoms with E-state index in [9.17, 15) is 8.42 Å². The van der Waals surface area contributed by atoms with E-state index >= 15 is 0 Å². The predicted octanol–water partition coefficient (Wildman–Crippen LogP) is 3.39. The summed E-state index contributed by atoms with van der Waals surface area (Å²) >= 11 is 0. The average Bonchev–Trinajstić information content (AvgIpc) is 2.58. The summed E-state index contributed by atoms with van der Waals surface area (Å²) in [6.45, 7) is 5.75. The molecule has 0 aliphatic rings. The minimum Gasteiger partial charge on any atom is -0.493 e. The van der Waals surface area contributed by atoms with Gasteiger partial charge < -0.3 is 9.47 Å². The Morgan fingerprint density at radius 3 is 2.38 bits per heavy atom. The van der Waals surface area contributed by atoms with Crippen LogP contribution in [0.15, 0.2) is 60.0 Å². The summed E-state index contributed by atoms with van der Waals surface area (Å²) in [6.07, 6.45) is 1.56. The van der Waals surface area contributed by atoms with Gasteiger partial charge in [-0.2, -0.15) is 0 Å². The molecule has 0 bridgehead atoms. The highest BCUT2D eigenvalue weighted by molar-refractivity contribution is 7.92. The molecule has 0 radical (unpaired) electrons. The standard InChI is InChI=1S/C18H21NO4S/c1-5-11-19(15-8-6-7-14(2)12-15)24(20,21)16-9-10-17(22-3)18(13-16)23-4/h5-10,12-13H,1,11H2,2-4H3. The van der Waals surface area contributed by atoms with Crippen molar-refractivity contribution < 1.29 is 17.9 Å². The van der Waals surface area contributed by atoms with Gasteiger partial charge in [0.15, 0.2) is 11.5 Å². The molecule has 0 saturated carbocycles. The van der Waals surface area contributed by atoms with Crippen LogP contribution in [-0.2, 0) is 10.0 Å². The van der Waals surface area contributed by atoms with Gasteiger partial charge in [0.25, 0.3) is 10.0 Å². The van der Waals surface area contributed by atoms with Crippen molar-refractivity contribution >= 4 is 15.7 Å². The van der Waals surface area contributed by atoms with E-state index in [1.165, 1.54) is 30.7 Å². The molecule has 6 heteroatoms. The van der Waals surface area contributed by atoms with Crippen LogP contribution in [0.3, 0.4) is 0 Å². The lowest BCUT2D eigenvalue weighted by molar-refractivity contribution is 0.354. The quantitative estimate of drug-likeness (QED) is 0.721. The summed E-state index contributed by atoms with van der Waals surface area (Å²) in [7, 11) is -0.793. The van der Waals surface area contributed by atoms with Crippen molar-refractivity contribution in [3.63, 3.8) is 0 Å². The Morgan fingerprint density at radius 1 is 1.08 bits per heavy atom.